The van der Waals surface area contributed by atoms with Crippen molar-refractivity contribution in [2.24, 2.45) is 0 Å². The Morgan fingerprint density at radius 2 is 1.52 bits per heavy atom. The Balaban J connectivity index is 1.96. The van der Waals surface area contributed by atoms with E-state index >= 15 is 0 Å². The summed E-state index contributed by atoms with van der Waals surface area (Å²) in [6.45, 7) is 2.02. The first kappa shape index (κ1) is 14.7. The van der Waals surface area contributed by atoms with E-state index in [9.17, 15) is 4.79 Å². The zero-order valence-corrected chi connectivity index (χ0v) is 14.5. The Hall–Kier alpha value is -2.65. The first-order chi connectivity index (χ1) is 12.1. The lowest BCUT2D eigenvalue weighted by Gasteiger charge is -2.08. The van der Waals surface area contributed by atoms with Crippen LogP contribution in [0.15, 0.2) is 65.5 Å². The summed E-state index contributed by atoms with van der Waals surface area (Å²) in [5, 5.41) is 5.92. The third kappa shape index (κ3) is 2.20. The summed E-state index contributed by atoms with van der Waals surface area (Å²) >= 11 is 1.67. The predicted octanol–water partition coefficient (Wildman–Crippen LogP) is 4.82. The molecule has 4 aromatic carbocycles. The van der Waals surface area contributed by atoms with Gasteiger partial charge in [-0.05, 0) is 64.9 Å². The van der Waals surface area contributed by atoms with Crippen molar-refractivity contribution in [2.45, 2.75) is 6.92 Å². The molecule has 0 saturated carbocycles. The number of fused-ring (bicyclic) bond motifs is 4. The van der Waals surface area contributed by atoms with E-state index in [0.717, 1.165) is 52.7 Å². The third-order valence-corrected chi connectivity index (χ3v) is 5.95. The van der Waals surface area contributed by atoms with Gasteiger partial charge in [-0.15, -0.1) is 11.3 Å². The molecule has 0 atom stereocenters. The summed E-state index contributed by atoms with van der Waals surface area (Å²) in [6.07, 6.45) is 0. The summed E-state index contributed by atoms with van der Waals surface area (Å²) in [7, 11) is 6.12. The minimum Gasteiger partial charge on any atom is -0.289 e. The molecule has 0 aliphatic heterocycles. The second kappa shape index (κ2) is 5.17. The molecule has 25 heavy (non-hydrogen) atoms. The molecule has 0 spiro atoms. The molecule has 0 N–H and O–H groups in total. The van der Waals surface area contributed by atoms with Crippen molar-refractivity contribution in [3.05, 3.63) is 76.5 Å². The van der Waals surface area contributed by atoms with E-state index in [1.54, 1.807) is 11.3 Å². The van der Waals surface area contributed by atoms with Crippen LogP contribution in [0.2, 0.25) is 0 Å². The quantitative estimate of drug-likeness (QED) is 0.293. The van der Waals surface area contributed by atoms with Gasteiger partial charge >= 0.3 is 0 Å². The van der Waals surface area contributed by atoms with Crippen LogP contribution in [0.5, 0.6) is 0 Å². The highest BCUT2D eigenvalue weighted by atomic mass is 32.1. The highest BCUT2D eigenvalue weighted by molar-refractivity contribution is 7.24. The number of hydrogen-bond acceptors (Lipinski definition) is 2. The lowest BCUT2D eigenvalue weighted by atomic mass is 9.89. The standard InChI is InChI=1S/C22H13BOS/c1-12-5-6-20-17(7-12)22(24)18-10-15-9-16-13(3-2-4-19(16)23)8-14(15)11-21(18)25-20/h2-11H,1H3. The highest BCUT2D eigenvalue weighted by Crippen LogP contribution is 2.30. The van der Waals surface area contributed by atoms with Gasteiger partial charge in [0.25, 0.3) is 0 Å². The largest absolute Gasteiger partial charge is 0.289 e. The highest BCUT2D eigenvalue weighted by Gasteiger charge is 2.09. The van der Waals surface area contributed by atoms with Gasteiger partial charge in [-0.25, -0.2) is 0 Å². The van der Waals surface area contributed by atoms with Crippen molar-refractivity contribution >= 4 is 66.4 Å². The number of hydrogen-bond donors (Lipinski definition) is 0. The van der Waals surface area contributed by atoms with E-state index in [1.165, 1.54) is 0 Å². The Morgan fingerprint density at radius 3 is 2.40 bits per heavy atom. The second-order valence-corrected chi connectivity index (χ2v) is 7.63. The lowest BCUT2D eigenvalue weighted by molar-refractivity contribution is 1.51. The van der Waals surface area contributed by atoms with Crippen LogP contribution in [0, 0.1) is 6.92 Å². The Kier molecular flexibility index (Phi) is 3.04. The van der Waals surface area contributed by atoms with Crippen LogP contribution in [-0.2, 0) is 0 Å². The molecule has 0 aliphatic carbocycles. The van der Waals surface area contributed by atoms with Gasteiger partial charge in [0.1, 0.15) is 7.85 Å². The van der Waals surface area contributed by atoms with E-state index in [-0.39, 0.29) is 5.43 Å². The molecular weight excluding hydrogens is 323 g/mol. The molecule has 2 radical (unpaired) electrons. The third-order valence-electron chi connectivity index (χ3n) is 4.81. The molecule has 0 aliphatic rings. The van der Waals surface area contributed by atoms with Crippen molar-refractivity contribution < 1.29 is 0 Å². The fraction of sp³-hybridized carbons (Fsp3) is 0.0455. The van der Waals surface area contributed by atoms with Crippen LogP contribution in [0.4, 0.5) is 0 Å². The van der Waals surface area contributed by atoms with Gasteiger partial charge < -0.3 is 0 Å². The predicted molar refractivity (Wildman–Crippen MR) is 111 cm³/mol. The minimum absolute atomic E-state index is 0.107. The van der Waals surface area contributed by atoms with Gasteiger partial charge in [-0.2, -0.15) is 0 Å². The van der Waals surface area contributed by atoms with Crippen molar-refractivity contribution in [1.29, 1.82) is 0 Å². The molecule has 0 fully saturated rings. The molecule has 0 saturated heterocycles. The SMILES string of the molecule is [B]c1cccc2cc3cc4sc5ccc(C)cc5c(=O)c4cc3cc12. The van der Waals surface area contributed by atoms with Crippen LogP contribution >= 0.6 is 11.3 Å². The Bertz CT molecular complexity index is 1380. The summed E-state index contributed by atoms with van der Waals surface area (Å²) in [5.74, 6) is 0. The average molecular weight is 336 g/mol. The molecule has 1 heterocycles. The molecule has 1 aromatic heterocycles. The maximum atomic E-state index is 13.0. The van der Waals surface area contributed by atoms with Crippen LogP contribution < -0.4 is 10.9 Å². The molecule has 1 nitrogen and oxygen atoms in total. The average Bonchev–Trinajstić information content (AvgIpc) is 2.60. The van der Waals surface area contributed by atoms with Crippen molar-refractivity contribution in [1.82, 2.24) is 0 Å². The molecule has 0 unspecified atom stereocenters. The van der Waals surface area contributed by atoms with Gasteiger partial charge in [0.05, 0.1) is 0 Å². The first-order valence-electron chi connectivity index (χ1n) is 8.19. The van der Waals surface area contributed by atoms with E-state index in [2.05, 4.69) is 30.3 Å². The molecule has 3 heteroatoms. The van der Waals surface area contributed by atoms with E-state index in [0.29, 0.717) is 0 Å². The maximum Gasteiger partial charge on any atom is 0.195 e. The van der Waals surface area contributed by atoms with Gasteiger partial charge in [-0.1, -0.05) is 35.3 Å². The molecular formula is C22H13BOS. The lowest BCUT2D eigenvalue weighted by Crippen LogP contribution is -2.03. The number of benzene rings is 4. The smallest absolute Gasteiger partial charge is 0.195 e. The maximum absolute atomic E-state index is 13.0. The summed E-state index contributed by atoms with van der Waals surface area (Å²) in [5.41, 5.74) is 1.98. The fourth-order valence-corrected chi connectivity index (χ4v) is 4.60. The van der Waals surface area contributed by atoms with Crippen molar-refractivity contribution in [2.75, 3.05) is 0 Å². The zero-order valence-electron chi connectivity index (χ0n) is 13.7. The minimum atomic E-state index is 0.107. The van der Waals surface area contributed by atoms with E-state index < -0.39 is 0 Å². The second-order valence-electron chi connectivity index (χ2n) is 6.55. The molecule has 0 amide bonds. The first-order valence-corrected chi connectivity index (χ1v) is 9.01. The monoisotopic (exact) mass is 336 g/mol. The fourth-order valence-electron chi connectivity index (χ4n) is 3.52. The van der Waals surface area contributed by atoms with Gasteiger partial charge in [0.15, 0.2) is 5.43 Å². The topological polar surface area (TPSA) is 17.1 Å². The van der Waals surface area contributed by atoms with Gasteiger partial charge in [0, 0.05) is 20.2 Å². The van der Waals surface area contributed by atoms with Crippen LogP contribution in [0.25, 0.3) is 41.7 Å². The van der Waals surface area contributed by atoms with E-state index in [4.69, 9.17) is 7.85 Å². The number of aryl methyl sites for hydroxylation is 1. The molecule has 5 aromatic rings. The van der Waals surface area contributed by atoms with Gasteiger partial charge in [-0.3, -0.25) is 4.79 Å². The van der Waals surface area contributed by atoms with Crippen molar-refractivity contribution in [3.8, 4) is 0 Å². The molecule has 0 bridgehead atoms. The summed E-state index contributed by atoms with van der Waals surface area (Å²) < 4.78 is 2.06. The van der Waals surface area contributed by atoms with Crippen LogP contribution in [0.3, 0.4) is 0 Å². The molecule has 5 rings (SSSR count). The van der Waals surface area contributed by atoms with Crippen LogP contribution in [0.1, 0.15) is 5.56 Å². The van der Waals surface area contributed by atoms with E-state index in [1.807, 2.05) is 37.3 Å². The normalized spacial score (nSPS) is 11.7. The van der Waals surface area contributed by atoms with Crippen LogP contribution in [-0.4, -0.2) is 7.85 Å². The zero-order chi connectivity index (χ0) is 17.1. The Morgan fingerprint density at radius 1 is 0.760 bits per heavy atom. The summed E-state index contributed by atoms with van der Waals surface area (Å²) in [6, 6.07) is 20.4. The van der Waals surface area contributed by atoms with Gasteiger partial charge in [0.2, 0.25) is 0 Å². The Labute approximate surface area is 149 Å². The van der Waals surface area contributed by atoms with Crippen molar-refractivity contribution in [3.63, 3.8) is 0 Å². The summed E-state index contributed by atoms with van der Waals surface area (Å²) in [4.78, 5) is 13.0. The molecule has 116 valence electrons. The number of rotatable bonds is 0.